The van der Waals surface area contributed by atoms with Gasteiger partial charge in [0.1, 0.15) is 17.3 Å². The normalized spacial score (nSPS) is 14.2. The topological polar surface area (TPSA) is 33.5 Å². The van der Waals surface area contributed by atoms with Crippen molar-refractivity contribution in [3.63, 3.8) is 0 Å². The molecule has 1 aliphatic heterocycles. The van der Waals surface area contributed by atoms with Crippen LogP contribution in [-0.2, 0) is 27.1 Å². The van der Waals surface area contributed by atoms with E-state index < -0.39 is 0 Å². The second-order valence-electron chi connectivity index (χ2n) is 23.4. The van der Waals surface area contributed by atoms with Gasteiger partial charge in [0.2, 0.25) is 0 Å². The standard InChI is InChI=1S/C59H70N4O/c1-38-36-61(46-29-43(57(8,9)10)28-44(30-46)58(11,12)13)37-62(38)47-31-45(59(14,15)16)32-49(34-47)64-48-22-23-50-51-27-40(39-17-20-41(21-18-39)55(2,3)4)19-24-52(51)63(53(50)35-48)54-33-42(25-26-60-54)56(5,6)7/h17-36H,37H2,1-16H3. The number of benzene rings is 5. The molecule has 2 aromatic heterocycles. The molecule has 5 aromatic carbocycles. The summed E-state index contributed by atoms with van der Waals surface area (Å²) < 4.78 is 9.29. The number of rotatable bonds is 6. The van der Waals surface area contributed by atoms with E-state index in [4.69, 9.17) is 9.72 Å². The van der Waals surface area contributed by atoms with Gasteiger partial charge in [-0.3, -0.25) is 4.57 Å². The van der Waals surface area contributed by atoms with Gasteiger partial charge in [0.05, 0.1) is 17.7 Å². The molecule has 0 spiro atoms. The Morgan fingerprint density at radius 2 is 1.03 bits per heavy atom. The van der Waals surface area contributed by atoms with Gasteiger partial charge < -0.3 is 14.5 Å². The molecule has 0 fully saturated rings. The summed E-state index contributed by atoms with van der Waals surface area (Å²) in [4.78, 5) is 9.80. The number of allylic oxidation sites excluding steroid dienone is 1. The smallest absolute Gasteiger partial charge is 0.137 e. The van der Waals surface area contributed by atoms with Crippen LogP contribution in [0.2, 0.25) is 0 Å². The molecular weight excluding hydrogens is 781 g/mol. The highest BCUT2D eigenvalue weighted by Crippen LogP contribution is 2.42. The van der Waals surface area contributed by atoms with E-state index in [1.807, 2.05) is 6.20 Å². The maximum atomic E-state index is 6.98. The summed E-state index contributed by atoms with van der Waals surface area (Å²) in [5, 5.41) is 2.34. The number of aromatic nitrogens is 2. The molecule has 8 rings (SSSR count). The zero-order valence-corrected chi connectivity index (χ0v) is 41.5. The second-order valence-corrected chi connectivity index (χ2v) is 23.4. The van der Waals surface area contributed by atoms with Crippen molar-refractivity contribution < 1.29 is 4.74 Å². The van der Waals surface area contributed by atoms with E-state index in [1.165, 1.54) is 55.7 Å². The fourth-order valence-electron chi connectivity index (χ4n) is 8.71. The lowest BCUT2D eigenvalue weighted by Gasteiger charge is -2.30. The van der Waals surface area contributed by atoms with Crippen molar-refractivity contribution in [3.8, 4) is 28.4 Å². The molecule has 0 bridgehead atoms. The van der Waals surface area contributed by atoms with Crippen LogP contribution in [0.25, 0.3) is 38.8 Å². The zero-order valence-electron chi connectivity index (χ0n) is 41.5. The number of fused-ring (bicyclic) bond motifs is 3. The predicted molar refractivity (Wildman–Crippen MR) is 274 cm³/mol. The van der Waals surface area contributed by atoms with Crippen LogP contribution in [0.5, 0.6) is 11.5 Å². The van der Waals surface area contributed by atoms with E-state index in [0.717, 1.165) is 39.4 Å². The maximum Gasteiger partial charge on any atom is 0.137 e. The number of hydrogen-bond acceptors (Lipinski definition) is 4. The van der Waals surface area contributed by atoms with E-state index in [-0.39, 0.29) is 27.1 Å². The lowest BCUT2D eigenvalue weighted by molar-refractivity contribution is 0.479. The minimum atomic E-state index is -0.0985. The Morgan fingerprint density at radius 1 is 0.453 bits per heavy atom. The highest BCUT2D eigenvalue weighted by atomic mass is 16.5. The van der Waals surface area contributed by atoms with Crippen LogP contribution < -0.4 is 14.5 Å². The van der Waals surface area contributed by atoms with Crippen LogP contribution >= 0.6 is 0 Å². The van der Waals surface area contributed by atoms with Crippen molar-refractivity contribution in [3.05, 3.63) is 155 Å². The van der Waals surface area contributed by atoms with E-state index in [9.17, 15) is 0 Å². The Bertz CT molecular complexity index is 2880. The number of hydrogen-bond donors (Lipinski definition) is 0. The van der Waals surface area contributed by atoms with Gasteiger partial charge in [-0.15, -0.1) is 0 Å². The Hall–Kier alpha value is -5.81. The van der Waals surface area contributed by atoms with Crippen molar-refractivity contribution in [1.82, 2.24) is 9.55 Å². The number of ether oxygens (including phenoxy) is 1. The van der Waals surface area contributed by atoms with E-state index in [0.29, 0.717) is 6.67 Å². The minimum Gasteiger partial charge on any atom is -0.457 e. The minimum absolute atomic E-state index is 0.0291. The third-order valence-electron chi connectivity index (χ3n) is 13.0. The number of anilines is 2. The summed E-state index contributed by atoms with van der Waals surface area (Å²) in [6.45, 7) is 37.1. The summed E-state index contributed by atoms with van der Waals surface area (Å²) in [5.74, 6) is 2.49. The lowest BCUT2D eigenvalue weighted by Crippen LogP contribution is -2.27. The van der Waals surface area contributed by atoms with Crippen molar-refractivity contribution in [2.24, 2.45) is 0 Å². The average Bonchev–Trinajstić information content (AvgIpc) is 3.76. The largest absolute Gasteiger partial charge is 0.457 e. The Kier molecular flexibility index (Phi) is 11.0. The second kappa shape index (κ2) is 15.7. The molecule has 7 aromatic rings. The van der Waals surface area contributed by atoms with Gasteiger partial charge >= 0.3 is 0 Å². The highest BCUT2D eigenvalue weighted by molar-refractivity contribution is 6.10. The summed E-state index contributed by atoms with van der Waals surface area (Å²) in [6.07, 6.45) is 4.24. The first-order chi connectivity index (χ1) is 29.7. The molecule has 5 nitrogen and oxygen atoms in total. The van der Waals surface area contributed by atoms with Crippen molar-refractivity contribution >= 4 is 33.2 Å². The van der Waals surface area contributed by atoms with Gasteiger partial charge in [0.25, 0.3) is 0 Å². The van der Waals surface area contributed by atoms with E-state index >= 15 is 0 Å². The molecule has 0 unspecified atom stereocenters. The van der Waals surface area contributed by atoms with Crippen molar-refractivity contribution in [1.29, 1.82) is 0 Å². The first-order valence-electron chi connectivity index (χ1n) is 23.1. The molecule has 5 heteroatoms. The molecule has 0 atom stereocenters. The summed E-state index contributed by atoms with van der Waals surface area (Å²) in [6, 6.07) is 40.7. The first kappa shape index (κ1) is 44.8. The third-order valence-corrected chi connectivity index (χ3v) is 13.0. The van der Waals surface area contributed by atoms with E-state index in [1.54, 1.807) is 0 Å². The third kappa shape index (κ3) is 8.96. The molecule has 0 N–H and O–H groups in total. The van der Waals surface area contributed by atoms with Gasteiger partial charge in [-0.25, -0.2) is 4.98 Å². The van der Waals surface area contributed by atoms with Crippen LogP contribution in [0, 0.1) is 0 Å². The van der Waals surface area contributed by atoms with Crippen molar-refractivity contribution in [2.75, 3.05) is 16.5 Å². The molecule has 332 valence electrons. The van der Waals surface area contributed by atoms with Crippen LogP contribution in [0.3, 0.4) is 0 Å². The Morgan fingerprint density at radius 3 is 1.64 bits per heavy atom. The summed E-state index contributed by atoms with van der Waals surface area (Å²) in [5.41, 5.74) is 14.6. The Balaban J connectivity index is 1.20. The first-order valence-corrected chi connectivity index (χ1v) is 23.1. The zero-order chi connectivity index (χ0) is 46.3. The number of pyridine rings is 1. The fraction of sp³-hybridized carbons (Fsp3) is 0.373. The van der Waals surface area contributed by atoms with Gasteiger partial charge in [0, 0.05) is 52.4 Å². The van der Waals surface area contributed by atoms with Crippen LogP contribution in [0.4, 0.5) is 11.4 Å². The molecule has 0 aliphatic carbocycles. The van der Waals surface area contributed by atoms with Gasteiger partial charge in [-0.1, -0.05) is 140 Å². The average molecular weight is 851 g/mol. The number of nitrogens with zero attached hydrogens (tertiary/aromatic N) is 4. The maximum absolute atomic E-state index is 6.98. The van der Waals surface area contributed by atoms with Crippen LogP contribution in [0.1, 0.15) is 139 Å². The molecule has 0 saturated heterocycles. The molecule has 0 radical (unpaired) electrons. The highest BCUT2D eigenvalue weighted by Gasteiger charge is 2.28. The van der Waals surface area contributed by atoms with Gasteiger partial charge in [-0.05, 0) is 134 Å². The summed E-state index contributed by atoms with van der Waals surface area (Å²) in [7, 11) is 0. The fourth-order valence-corrected chi connectivity index (χ4v) is 8.71. The van der Waals surface area contributed by atoms with Crippen LogP contribution in [0.15, 0.2) is 127 Å². The van der Waals surface area contributed by atoms with Crippen LogP contribution in [-0.4, -0.2) is 16.2 Å². The molecule has 0 saturated carbocycles. The predicted octanol–water partition coefficient (Wildman–Crippen LogP) is 16.3. The quantitative estimate of drug-likeness (QED) is 0.167. The van der Waals surface area contributed by atoms with E-state index in [2.05, 4.69) is 241 Å². The lowest BCUT2D eigenvalue weighted by atomic mass is 9.80. The molecular formula is C59H70N4O. The summed E-state index contributed by atoms with van der Waals surface area (Å²) >= 11 is 0. The molecule has 64 heavy (non-hydrogen) atoms. The Labute approximate surface area is 383 Å². The van der Waals surface area contributed by atoms with Crippen molar-refractivity contribution in [2.45, 2.75) is 138 Å². The van der Waals surface area contributed by atoms with Gasteiger partial charge in [0.15, 0.2) is 0 Å². The molecule has 0 amide bonds. The molecule has 3 heterocycles. The SMILES string of the molecule is CC1=CN(c2cc(C(C)(C)C)cc(C(C)(C)C)c2)CN1c1cc(Oc2ccc3c4cc(-c5ccc(C(C)(C)C)cc5)ccc4n(-c4cc(C(C)(C)C)ccn4)c3c2)cc(C(C)(C)C)c1. The molecule has 1 aliphatic rings. The monoisotopic (exact) mass is 851 g/mol. The van der Waals surface area contributed by atoms with Gasteiger partial charge in [-0.2, -0.15) is 0 Å².